The van der Waals surface area contributed by atoms with Crippen LogP contribution in [-0.4, -0.2) is 10.2 Å². The predicted molar refractivity (Wildman–Crippen MR) is 38.3 cm³/mol. The molecular weight excluding hydrogens is 170 g/mol. The van der Waals surface area contributed by atoms with Gasteiger partial charge in [0.25, 0.3) is 0 Å². The summed E-state index contributed by atoms with van der Waals surface area (Å²) in [5, 5.41) is 29.5. The first kappa shape index (κ1) is 23.3. The Morgan fingerprint density at radius 1 is 0.800 bits per heavy atom. The van der Waals surface area contributed by atoms with Gasteiger partial charge in [-0.2, -0.15) is 0 Å². The van der Waals surface area contributed by atoms with Crippen LogP contribution in [0.15, 0.2) is 0 Å². The van der Waals surface area contributed by atoms with E-state index in [1.807, 2.05) is 0 Å². The van der Waals surface area contributed by atoms with Crippen LogP contribution in [0.4, 0.5) is 0 Å². The largest absolute Gasteiger partial charge is 0.369 e. The summed E-state index contributed by atoms with van der Waals surface area (Å²) in [6, 6.07) is 0. The quantitative estimate of drug-likeness (QED) is 0.285. The standard InChI is InChI=1S/2NO3.H3N.H2S/c2*2-1(3)4;;/h;;1H3;1H2/q2*-1;;/p+2. The van der Waals surface area contributed by atoms with Gasteiger partial charge in [-0.25, -0.2) is 0 Å². The normalized spacial score (nSPS) is 4.80. The summed E-state index contributed by atoms with van der Waals surface area (Å²) in [6.07, 6.45) is 0. The molecule has 0 aliphatic heterocycles. The summed E-state index contributed by atoms with van der Waals surface area (Å²) in [7, 11) is 0. The van der Waals surface area contributed by atoms with Crippen molar-refractivity contribution in [1.29, 1.82) is 0 Å². The zero-order chi connectivity index (χ0) is 7.15. The number of hydrogen-bond acceptors (Lipinski definition) is 6. The van der Waals surface area contributed by atoms with Gasteiger partial charge in [0.15, 0.2) is 0 Å². The lowest BCUT2D eigenvalue weighted by molar-refractivity contribution is -0.403. The summed E-state index contributed by atoms with van der Waals surface area (Å²) < 4.78 is 0. The predicted octanol–water partition coefficient (Wildman–Crippen LogP) is -0.908. The molecule has 0 fully saturated rings. The SMILES string of the molecule is O=[N+]([O-])[O-].O=[N+]([O-])[O-].[NH4+].[SH3+]. The fraction of sp³-hybridized carbons (Fsp3) is 0. The molecule has 0 saturated heterocycles. The monoisotopic (exact) mass is 177 g/mol. The Kier molecular flexibility index (Phi) is 36.5. The van der Waals surface area contributed by atoms with E-state index in [9.17, 15) is 0 Å². The van der Waals surface area contributed by atoms with Crippen molar-refractivity contribution in [2.24, 2.45) is 0 Å². The molecule has 64 valence electrons. The average molecular weight is 177 g/mol. The number of nitrogens with zero attached hydrogens (tertiary/aromatic N) is 2. The second-order valence-corrected chi connectivity index (χ2v) is 0.447. The van der Waals surface area contributed by atoms with Crippen molar-refractivity contribution >= 4 is 13.5 Å². The van der Waals surface area contributed by atoms with E-state index in [1.165, 1.54) is 0 Å². The van der Waals surface area contributed by atoms with Gasteiger partial charge >= 0.3 is 0 Å². The van der Waals surface area contributed by atoms with Crippen LogP contribution in [0.1, 0.15) is 0 Å². The highest BCUT2D eigenvalue weighted by Crippen LogP contribution is 1.44. The molecule has 0 saturated carbocycles. The molecular formula is H7N3O6S. The van der Waals surface area contributed by atoms with Crippen LogP contribution in [0.25, 0.3) is 0 Å². The van der Waals surface area contributed by atoms with E-state index in [4.69, 9.17) is 30.6 Å². The van der Waals surface area contributed by atoms with Crippen molar-refractivity contribution in [3.05, 3.63) is 30.6 Å². The van der Waals surface area contributed by atoms with Gasteiger partial charge < -0.3 is 36.8 Å². The maximum absolute atomic E-state index is 8.25. The highest BCUT2D eigenvalue weighted by atomic mass is 32.1. The van der Waals surface area contributed by atoms with Crippen molar-refractivity contribution < 1.29 is 10.2 Å². The molecule has 9 nitrogen and oxygen atoms in total. The first-order chi connectivity index (χ1) is 3.46. The van der Waals surface area contributed by atoms with Crippen molar-refractivity contribution in [3.8, 4) is 0 Å². The molecule has 4 N–H and O–H groups in total. The van der Waals surface area contributed by atoms with Gasteiger partial charge in [0.05, 0.1) is 10.2 Å². The van der Waals surface area contributed by atoms with E-state index in [2.05, 4.69) is 0 Å². The summed E-state index contributed by atoms with van der Waals surface area (Å²) in [5.74, 6) is 0. The lowest BCUT2D eigenvalue weighted by Gasteiger charge is -1.74. The zero-order valence-electron chi connectivity index (χ0n) is 4.92. The van der Waals surface area contributed by atoms with Crippen LogP contribution in [0, 0.1) is 30.6 Å². The Hall–Kier alpha value is -1.29. The number of quaternary nitrogens is 1. The molecule has 0 aromatic heterocycles. The number of rotatable bonds is 0. The third-order valence-electron chi connectivity index (χ3n) is 0. The molecule has 0 aliphatic carbocycles. The molecule has 10 heteroatoms. The minimum Gasteiger partial charge on any atom is -0.369 e. The van der Waals surface area contributed by atoms with Crippen molar-refractivity contribution in [2.45, 2.75) is 0 Å². The fourth-order valence-corrected chi connectivity index (χ4v) is 0. The van der Waals surface area contributed by atoms with E-state index in [1.54, 1.807) is 0 Å². The topological polar surface area (TPSA) is 169 Å². The van der Waals surface area contributed by atoms with Gasteiger partial charge in [0.1, 0.15) is 0 Å². The maximum atomic E-state index is 8.25. The molecule has 0 atom stereocenters. The molecule has 0 spiro atoms. The van der Waals surface area contributed by atoms with E-state index in [0.717, 1.165) is 0 Å². The first-order valence-corrected chi connectivity index (χ1v) is 1.10. The minimum atomic E-state index is -1.75. The van der Waals surface area contributed by atoms with Gasteiger partial charge in [-0.1, -0.05) is 13.5 Å². The highest BCUT2D eigenvalue weighted by molar-refractivity contribution is 7.37. The van der Waals surface area contributed by atoms with E-state index in [0.29, 0.717) is 0 Å². The molecule has 0 unspecified atom stereocenters. The van der Waals surface area contributed by atoms with Crippen LogP contribution in [0.3, 0.4) is 0 Å². The Morgan fingerprint density at radius 3 is 0.800 bits per heavy atom. The van der Waals surface area contributed by atoms with Crippen LogP contribution in [0.5, 0.6) is 0 Å². The lowest BCUT2D eigenvalue weighted by atomic mass is 13.1. The second-order valence-electron chi connectivity index (χ2n) is 0.447. The molecule has 0 bridgehead atoms. The summed E-state index contributed by atoms with van der Waals surface area (Å²) in [6.45, 7) is 0. The van der Waals surface area contributed by atoms with Gasteiger partial charge in [-0.05, 0) is 0 Å². The molecule has 0 amide bonds. The molecule has 0 heterocycles. The molecule has 0 aliphatic rings. The smallest absolute Gasteiger partial charge is 0.0689 e. The van der Waals surface area contributed by atoms with Gasteiger partial charge in [0, 0.05) is 0 Å². The molecule has 10 heavy (non-hydrogen) atoms. The zero-order valence-corrected chi connectivity index (χ0v) is 6.08. The summed E-state index contributed by atoms with van der Waals surface area (Å²) >= 11 is 0. The van der Waals surface area contributed by atoms with Gasteiger partial charge in [-0.15, -0.1) is 0 Å². The third kappa shape index (κ3) is 131. The van der Waals surface area contributed by atoms with Gasteiger partial charge in [-0.3, -0.25) is 0 Å². The van der Waals surface area contributed by atoms with Crippen molar-refractivity contribution in [2.75, 3.05) is 0 Å². The highest BCUT2D eigenvalue weighted by Gasteiger charge is 1.46. The number of hydrogen-bond donors (Lipinski definition) is 1. The van der Waals surface area contributed by atoms with Crippen molar-refractivity contribution in [3.63, 3.8) is 0 Å². The molecule has 0 aromatic rings. The fourth-order valence-electron chi connectivity index (χ4n) is 0. The summed E-state index contributed by atoms with van der Waals surface area (Å²) in [5.41, 5.74) is 0. The van der Waals surface area contributed by atoms with Crippen LogP contribution < -0.4 is 6.15 Å². The van der Waals surface area contributed by atoms with Gasteiger partial charge in [0.2, 0.25) is 0 Å². The van der Waals surface area contributed by atoms with E-state index in [-0.39, 0.29) is 19.6 Å². The Morgan fingerprint density at radius 2 is 0.800 bits per heavy atom. The molecule has 0 rings (SSSR count). The average Bonchev–Trinajstić information content (AvgIpc) is 1.25. The lowest BCUT2D eigenvalue weighted by Crippen LogP contribution is -1.74. The van der Waals surface area contributed by atoms with E-state index < -0.39 is 10.2 Å². The summed E-state index contributed by atoms with van der Waals surface area (Å²) in [4.78, 5) is 16.5. The molecule has 0 aromatic carbocycles. The maximum Gasteiger partial charge on any atom is 0.0689 e. The Balaban J connectivity index is -0.0000000300. The van der Waals surface area contributed by atoms with Crippen LogP contribution in [0.2, 0.25) is 0 Å². The Labute approximate surface area is 61.5 Å². The third-order valence-corrected chi connectivity index (χ3v) is 0. The van der Waals surface area contributed by atoms with Crippen LogP contribution in [-0.2, 0) is 13.5 Å². The first-order valence-electron chi connectivity index (χ1n) is 1.10. The minimum absolute atomic E-state index is 0. The Bertz CT molecular complexity index is 71.0. The van der Waals surface area contributed by atoms with Crippen LogP contribution >= 0.6 is 0 Å². The van der Waals surface area contributed by atoms with E-state index >= 15 is 0 Å². The second kappa shape index (κ2) is 15.6. The molecule has 0 radical (unpaired) electrons. The van der Waals surface area contributed by atoms with Crippen molar-refractivity contribution in [1.82, 2.24) is 6.15 Å².